The lowest BCUT2D eigenvalue weighted by Crippen LogP contribution is -2.26. The van der Waals surface area contributed by atoms with Crippen molar-refractivity contribution in [3.8, 4) is 0 Å². The zero-order chi connectivity index (χ0) is 16.8. The molecule has 120 valence electrons. The van der Waals surface area contributed by atoms with Gasteiger partial charge in [0.15, 0.2) is 5.78 Å². The summed E-state index contributed by atoms with van der Waals surface area (Å²) in [4.78, 5) is 23.9. The number of amides is 1. The molecule has 0 heterocycles. The zero-order valence-corrected chi connectivity index (χ0v) is 13.4. The second kappa shape index (κ2) is 7.88. The molecule has 0 spiro atoms. The van der Waals surface area contributed by atoms with Crippen molar-refractivity contribution >= 4 is 23.3 Å². The maximum Gasteiger partial charge on any atom is 0.220 e. The van der Waals surface area contributed by atoms with Crippen LogP contribution in [0.5, 0.6) is 0 Å². The summed E-state index contributed by atoms with van der Waals surface area (Å²) in [5, 5.41) is 3.47. The Bertz CT molecular complexity index is 683. The Kier molecular flexibility index (Phi) is 5.88. The number of Topliss-reactive ketones (excluding diaryl/α,β-unsaturated/α-hetero) is 1. The van der Waals surface area contributed by atoms with Crippen molar-refractivity contribution in [2.24, 2.45) is 0 Å². The fourth-order valence-corrected chi connectivity index (χ4v) is 2.28. The van der Waals surface area contributed by atoms with Crippen molar-refractivity contribution in [2.45, 2.75) is 25.8 Å². The van der Waals surface area contributed by atoms with Crippen LogP contribution in [0, 0.1) is 5.82 Å². The van der Waals surface area contributed by atoms with Crippen molar-refractivity contribution in [3.63, 3.8) is 0 Å². The zero-order valence-electron chi connectivity index (χ0n) is 12.7. The average Bonchev–Trinajstić information content (AvgIpc) is 2.54. The maximum absolute atomic E-state index is 12.8. The Morgan fingerprint density at radius 1 is 1.04 bits per heavy atom. The maximum atomic E-state index is 12.8. The molecule has 0 bridgehead atoms. The number of halogens is 2. The molecule has 0 aliphatic rings. The molecular weight excluding hydrogens is 317 g/mol. The van der Waals surface area contributed by atoms with Crippen molar-refractivity contribution in [1.29, 1.82) is 0 Å². The quantitative estimate of drug-likeness (QED) is 0.800. The smallest absolute Gasteiger partial charge is 0.220 e. The highest BCUT2D eigenvalue weighted by Gasteiger charge is 2.12. The van der Waals surface area contributed by atoms with Crippen LogP contribution in [0.15, 0.2) is 48.5 Å². The van der Waals surface area contributed by atoms with Gasteiger partial charge in [0, 0.05) is 23.4 Å². The molecule has 1 N–H and O–H groups in total. The van der Waals surface area contributed by atoms with Crippen LogP contribution in [-0.4, -0.2) is 11.7 Å². The van der Waals surface area contributed by atoms with E-state index in [1.165, 1.54) is 24.3 Å². The molecule has 0 radical (unpaired) electrons. The van der Waals surface area contributed by atoms with Crippen LogP contribution < -0.4 is 5.32 Å². The highest BCUT2D eigenvalue weighted by Crippen LogP contribution is 2.16. The molecule has 23 heavy (non-hydrogen) atoms. The van der Waals surface area contributed by atoms with Gasteiger partial charge in [0.05, 0.1) is 6.04 Å². The third-order valence-corrected chi connectivity index (χ3v) is 3.74. The molecule has 1 unspecified atom stereocenters. The van der Waals surface area contributed by atoms with Gasteiger partial charge >= 0.3 is 0 Å². The minimum absolute atomic E-state index is 0.0881. The molecular formula is C18H17ClFNO2. The second-order valence-electron chi connectivity index (χ2n) is 5.27. The lowest BCUT2D eigenvalue weighted by atomic mass is 10.1. The SMILES string of the molecule is CC(NC(=O)CCC(=O)c1ccc(F)cc1)c1ccc(Cl)cc1. The van der Waals surface area contributed by atoms with Crippen LogP contribution >= 0.6 is 11.6 Å². The van der Waals surface area contributed by atoms with E-state index >= 15 is 0 Å². The highest BCUT2D eigenvalue weighted by atomic mass is 35.5. The van der Waals surface area contributed by atoms with Crippen LogP contribution in [0.25, 0.3) is 0 Å². The van der Waals surface area contributed by atoms with Gasteiger partial charge in [-0.1, -0.05) is 23.7 Å². The van der Waals surface area contributed by atoms with Crippen LogP contribution in [0.2, 0.25) is 5.02 Å². The van der Waals surface area contributed by atoms with Gasteiger partial charge in [-0.05, 0) is 48.9 Å². The van der Waals surface area contributed by atoms with Gasteiger partial charge < -0.3 is 5.32 Å². The topological polar surface area (TPSA) is 46.2 Å². The normalized spacial score (nSPS) is 11.8. The first kappa shape index (κ1) is 17.2. The second-order valence-corrected chi connectivity index (χ2v) is 5.71. The van der Waals surface area contributed by atoms with Gasteiger partial charge in [-0.2, -0.15) is 0 Å². The Balaban J connectivity index is 1.83. The molecule has 3 nitrogen and oxygen atoms in total. The number of nitrogens with one attached hydrogen (secondary N) is 1. The summed E-state index contributed by atoms with van der Waals surface area (Å²) in [6.45, 7) is 1.86. The predicted molar refractivity (Wildman–Crippen MR) is 88.0 cm³/mol. The minimum Gasteiger partial charge on any atom is -0.350 e. The van der Waals surface area contributed by atoms with Gasteiger partial charge in [-0.25, -0.2) is 4.39 Å². The number of hydrogen-bond acceptors (Lipinski definition) is 2. The predicted octanol–water partition coefficient (Wildman–Crippen LogP) is 4.32. The van der Waals surface area contributed by atoms with Gasteiger partial charge in [0.25, 0.3) is 0 Å². The summed E-state index contributed by atoms with van der Waals surface area (Å²) < 4.78 is 12.8. The summed E-state index contributed by atoms with van der Waals surface area (Å²) in [5.74, 6) is -0.779. The molecule has 2 aromatic carbocycles. The third-order valence-electron chi connectivity index (χ3n) is 3.49. The molecule has 0 aromatic heterocycles. The van der Waals surface area contributed by atoms with Crippen molar-refractivity contribution in [2.75, 3.05) is 0 Å². The largest absolute Gasteiger partial charge is 0.350 e. The lowest BCUT2D eigenvalue weighted by Gasteiger charge is -2.14. The van der Waals surface area contributed by atoms with E-state index in [0.29, 0.717) is 10.6 Å². The summed E-state index contributed by atoms with van der Waals surface area (Å²) in [7, 11) is 0. The van der Waals surface area contributed by atoms with E-state index in [1.54, 1.807) is 12.1 Å². The van der Waals surface area contributed by atoms with Crippen molar-refractivity contribution in [1.82, 2.24) is 5.32 Å². The number of benzene rings is 2. The fraction of sp³-hybridized carbons (Fsp3) is 0.222. The number of rotatable bonds is 6. The number of carbonyl (C=O) groups excluding carboxylic acids is 2. The monoisotopic (exact) mass is 333 g/mol. The molecule has 2 aromatic rings. The standard InChI is InChI=1S/C18H17ClFNO2/c1-12(13-2-6-15(19)7-3-13)21-18(23)11-10-17(22)14-4-8-16(20)9-5-14/h2-9,12H,10-11H2,1H3,(H,21,23). The van der Waals surface area contributed by atoms with Crippen LogP contribution in [0.4, 0.5) is 4.39 Å². The number of ketones is 1. The van der Waals surface area contributed by atoms with Crippen molar-refractivity contribution in [3.05, 3.63) is 70.5 Å². The Hall–Kier alpha value is -2.20. The van der Waals surface area contributed by atoms with Gasteiger partial charge in [-0.3, -0.25) is 9.59 Å². The first-order valence-electron chi connectivity index (χ1n) is 7.29. The Morgan fingerprint density at radius 3 is 2.26 bits per heavy atom. The van der Waals surface area contributed by atoms with E-state index in [-0.39, 0.29) is 30.6 Å². The molecule has 0 saturated carbocycles. The lowest BCUT2D eigenvalue weighted by molar-refractivity contribution is -0.121. The van der Waals surface area contributed by atoms with Gasteiger partial charge in [0.1, 0.15) is 5.82 Å². The first-order valence-corrected chi connectivity index (χ1v) is 7.67. The Morgan fingerprint density at radius 2 is 1.65 bits per heavy atom. The summed E-state index contributed by atoms with van der Waals surface area (Å²) >= 11 is 5.83. The van der Waals surface area contributed by atoms with E-state index in [9.17, 15) is 14.0 Å². The molecule has 0 saturated heterocycles. The van der Waals surface area contributed by atoms with E-state index in [4.69, 9.17) is 11.6 Å². The fourth-order valence-electron chi connectivity index (χ4n) is 2.16. The van der Waals surface area contributed by atoms with E-state index in [2.05, 4.69) is 5.32 Å². The van der Waals surface area contributed by atoms with Crippen molar-refractivity contribution < 1.29 is 14.0 Å². The molecule has 0 aliphatic carbocycles. The van der Waals surface area contributed by atoms with Gasteiger partial charge in [-0.15, -0.1) is 0 Å². The molecule has 1 atom stereocenters. The average molecular weight is 334 g/mol. The number of carbonyl (C=O) groups is 2. The van der Waals surface area contributed by atoms with Crippen LogP contribution in [0.1, 0.15) is 41.7 Å². The minimum atomic E-state index is -0.393. The van der Waals surface area contributed by atoms with Crippen LogP contribution in [0.3, 0.4) is 0 Å². The van der Waals surface area contributed by atoms with E-state index < -0.39 is 5.82 Å². The summed E-state index contributed by atoms with van der Waals surface area (Å²) in [6.07, 6.45) is 0.180. The first-order chi connectivity index (χ1) is 11.0. The molecule has 1 amide bonds. The third kappa shape index (κ3) is 5.18. The molecule has 0 fully saturated rings. The Labute approximate surface area is 139 Å². The molecule has 5 heteroatoms. The highest BCUT2D eigenvalue weighted by molar-refractivity contribution is 6.30. The van der Waals surface area contributed by atoms with Gasteiger partial charge in [0.2, 0.25) is 5.91 Å². The van der Waals surface area contributed by atoms with Crippen LogP contribution in [-0.2, 0) is 4.79 Å². The molecule has 2 rings (SSSR count). The summed E-state index contributed by atoms with van der Waals surface area (Å²) in [6, 6.07) is 12.4. The number of hydrogen-bond donors (Lipinski definition) is 1. The molecule has 0 aliphatic heterocycles. The van der Waals surface area contributed by atoms with E-state index in [1.807, 2.05) is 19.1 Å². The summed E-state index contributed by atoms with van der Waals surface area (Å²) in [5.41, 5.74) is 1.34. The van der Waals surface area contributed by atoms with E-state index in [0.717, 1.165) is 5.56 Å².